The van der Waals surface area contributed by atoms with Crippen LogP contribution in [0.4, 0.5) is 5.69 Å². The molecule has 7 rings (SSSR count). The van der Waals surface area contributed by atoms with Crippen molar-refractivity contribution < 1.29 is 9.59 Å². The Hall–Kier alpha value is -5.03. The molecule has 0 saturated carbocycles. The first-order chi connectivity index (χ1) is 17.7. The number of amides is 2. The molecule has 0 radical (unpaired) electrons. The zero-order chi connectivity index (χ0) is 24.2. The Bertz CT molecular complexity index is 1820. The van der Waals surface area contributed by atoms with Crippen molar-refractivity contribution in [2.24, 2.45) is 0 Å². The van der Waals surface area contributed by atoms with E-state index in [1.54, 1.807) is 30.6 Å². The molecule has 2 amide bonds. The number of benzene rings is 4. The van der Waals surface area contributed by atoms with Crippen LogP contribution in [0, 0.1) is 0 Å². The van der Waals surface area contributed by atoms with Crippen LogP contribution in [0.5, 0.6) is 0 Å². The summed E-state index contributed by atoms with van der Waals surface area (Å²) in [4.78, 5) is 32.7. The lowest BCUT2D eigenvalue weighted by Crippen LogP contribution is -2.29. The Morgan fingerprint density at radius 2 is 1.28 bits per heavy atom. The van der Waals surface area contributed by atoms with Gasteiger partial charge in [0.15, 0.2) is 0 Å². The second-order valence-electron chi connectivity index (χ2n) is 8.77. The van der Waals surface area contributed by atoms with Gasteiger partial charge in [0.1, 0.15) is 0 Å². The normalized spacial score (nSPS) is 13.1. The van der Waals surface area contributed by atoms with Gasteiger partial charge in [-0.3, -0.25) is 14.6 Å². The van der Waals surface area contributed by atoms with Crippen molar-refractivity contribution in [1.82, 2.24) is 9.55 Å². The second kappa shape index (κ2) is 7.75. The SMILES string of the molecule is O=C1c2cccc(-n3c4ccccc4c4cccc(-c5ccncc5)c43)c2C(=O)N1c1ccccc1. The summed E-state index contributed by atoms with van der Waals surface area (Å²) in [5.41, 5.74) is 6.09. The van der Waals surface area contributed by atoms with Crippen LogP contribution >= 0.6 is 0 Å². The zero-order valence-corrected chi connectivity index (χ0v) is 19.1. The number of nitrogens with zero attached hydrogens (tertiary/aromatic N) is 3. The average Bonchev–Trinajstić information content (AvgIpc) is 3.41. The lowest BCUT2D eigenvalue weighted by molar-refractivity contribution is 0.0926. The topological polar surface area (TPSA) is 55.2 Å². The maximum atomic E-state index is 13.8. The summed E-state index contributed by atoms with van der Waals surface area (Å²) in [6, 6.07) is 33.0. The van der Waals surface area contributed by atoms with Crippen molar-refractivity contribution in [3.8, 4) is 16.8 Å². The standard InChI is InChI=1S/C31H19N3O2/c35-30-25-13-7-15-27(28(25)31(36)33(30)21-8-2-1-3-9-21)34-26-14-5-4-10-23(26)24-12-6-11-22(29(24)34)20-16-18-32-19-17-20/h1-19H. The van der Waals surface area contributed by atoms with Gasteiger partial charge in [-0.2, -0.15) is 0 Å². The molecule has 170 valence electrons. The maximum absolute atomic E-state index is 13.8. The van der Waals surface area contributed by atoms with E-state index in [0.717, 1.165) is 32.9 Å². The fourth-order valence-electron chi connectivity index (χ4n) is 5.30. The van der Waals surface area contributed by atoms with E-state index >= 15 is 0 Å². The largest absolute Gasteiger partial charge is 0.308 e. The average molecular weight is 466 g/mol. The highest BCUT2D eigenvalue weighted by molar-refractivity contribution is 6.35. The Morgan fingerprint density at radius 3 is 2.11 bits per heavy atom. The maximum Gasteiger partial charge on any atom is 0.268 e. The van der Waals surface area contributed by atoms with Gasteiger partial charge in [-0.15, -0.1) is 0 Å². The van der Waals surface area contributed by atoms with Crippen molar-refractivity contribution in [2.45, 2.75) is 0 Å². The number of hydrogen-bond acceptors (Lipinski definition) is 3. The lowest BCUT2D eigenvalue weighted by Gasteiger charge is -2.15. The van der Waals surface area contributed by atoms with Gasteiger partial charge in [0.2, 0.25) is 0 Å². The minimum atomic E-state index is -0.316. The van der Waals surface area contributed by atoms with Crippen molar-refractivity contribution in [1.29, 1.82) is 0 Å². The Kier molecular flexibility index (Phi) is 4.38. The highest BCUT2D eigenvalue weighted by atomic mass is 16.2. The first kappa shape index (κ1) is 20.4. The van der Waals surface area contributed by atoms with Crippen LogP contribution < -0.4 is 4.90 Å². The van der Waals surface area contributed by atoms with Crippen molar-refractivity contribution in [3.05, 3.63) is 127 Å². The van der Waals surface area contributed by atoms with Crippen molar-refractivity contribution in [3.63, 3.8) is 0 Å². The molecule has 36 heavy (non-hydrogen) atoms. The molecular formula is C31H19N3O2. The fourth-order valence-corrected chi connectivity index (χ4v) is 5.30. The molecule has 0 bridgehead atoms. The number of carbonyl (C=O) groups is 2. The van der Waals surface area contributed by atoms with Gasteiger partial charge in [-0.05, 0) is 48.0 Å². The highest BCUT2D eigenvalue weighted by Crippen LogP contribution is 2.40. The molecular weight excluding hydrogens is 446 g/mol. The summed E-state index contributed by atoms with van der Waals surface area (Å²) < 4.78 is 2.12. The first-order valence-electron chi connectivity index (χ1n) is 11.7. The number of fused-ring (bicyclic) bond motifs is 4. The van der Waals surface area contributed by atoms with E-state index in [0.29, 0.717) is 22.5 Å². The summed E-state index contributed by atoms with van der Waals surface area (Å²) in [6.07, 6.45) is 3.56. The molecule has 0 fully saturated rings. The molecule has 5 nitrogen and oxygen atoms in total. The van der Waals surface area contributed by atoms with Crippen LogP contribution in [-0.2, 0) is 0 Å². The minimum Gasteiger partial charge on any atom is -0.308 e. The number of aromatic nitrogens is 2. The number of para-hydroxylation sites is 3. The molecule has 0 aliphatic carbocycles. The van der Waals surface area contributed by atoms with Crippen molar-refractivity contribution >= 4 is 39.3 Å². The first-order valence-corrected chi connectivity index (χ1v) is 11.7. The Balaban J connectivity index is 1.57. The summed E-state index contributed by atoms with van der Waals surface area (Å²) in [6.45, 7) is 0. The zero-order valence-electron chi connectivity index (χ0n) is 19.1. The number of pyridine rings is 1. The van der Waals surface area contributed by atoms with Crippen LogP contribution in [0.25, 0.3) is 38.6 Å². The van der Waals surface area contributed by atoms with E-state index in [4.69, 9.17) is 0 Å². The summed E-state index contributed by atoms with van der Waals surface area (Å²) >= 11 is 0. The van der Waals surface area contributed by atoms with E-state index in [-0.39, 0.29) is 11.8 Å². The van der Waals surface area contributed by atoms with E-state index in [1.807, 2.05) is 54.6 Å². The number of anilines is 1. The van der Waals surface area contributed by atoms with Gasteiger partial charge < -0.3 is 4.57 Å². The fraction of sp³-hybridized carbons (Fsp3) is 0. The molecule has 1 aliphatic rings. The van der Waals surface area contributed by atoms with Crippen LogP contribution in [0.2, 0.25) is 0 Å². The molecule has 1 aliphatic heterocycles. The Labute approximate surface area is 206 Å². The van der Waals surface area contributed by atoms with Crippen LogP contribution in [-0.4, -0.2) is 21.4 Å². The number of rotatable bonds is 3. The lowest BCUT2D eigenvalue weighted by atomic mass is 10.0. The molecule has 5 heteroatoms. The van der Waals surface area contributed by atoms with Crippen LogP contribution in [0.3, 0.4) is 0 Å². The van der Waals surface area contributed by atoms with Crippen LogP contribution in [0.15, 0.2) is 116 Å². The third-order valence-corrected chi connectivity index (χ3v) is 6.83. The van der Waals surface area contributed by atoms with E-state index < -0.39 is 0 Å². The van der Waals surface area contributed by atoms with Gasteiger partial charge in [0, 0.05) is 28.7 Å². The van der Waals surface area contributed by atoms with Gasteiger partial charge in [0.05, 0.1) is 33.5 Å². The Morgan fingerprint density at radius 1 is 0.583 bits per heavy atom. The molecule has 2 aromatic heterocycles. The summed E-state index contributed by atoms with van der Waals surface area (Å²) in [5.74, 6) is -0.623. The van der Waals surface area contributed by atoms with Gasteiger partial charge >= 0.3 is 0 Å². The molecule has 0 unspecified atom stereocenters. The van der Waals surface area contributed by atoms with Gasteiger partial charge in [-0.1, -0.05) is 60.7 Å². The van der Waals surface area contributed by atoms with E-state index in [1.165, 1.54) is 4.90 Å². The molecule has 6 aromatic rings. The minimum absolute atomic E-state index is 0.307. The predicted octanol–water partition coefficient (Wildman–Crippen LogP) is 6.65. The second-order valence-corrected chi connectivity index (χ2v) is 8.77. The molecule has 0 N–H and O–H groups in total. The van der Waals surface area contributed by atoms with Gasteiger partial charge in [-0.25, -0.2) is 4.90 Å². The molecule has 0 saturated heterocycles. The number of hydrogen-bond donors (Lipinski definition) is 0. The smallest absolute Gasteiger partial charge is 0.268 e. The molecule has 4 aromatic carbocycles. The predicted molar refractivity (Wildman–Crippen MR) is 142 cm³/mol. The van der Waals surface area contributed by atoms with E-state index in [9.17, 15) is 9.59 Å². The third kappa shape index (κ3) is 2.80. The molecule has 0 spiro atoms. The molecule has 3 heterocycles. The molecule has 0 atom stereocenters. The quantitative estimate of drug-likeness (QED) is 0.275. The number of carbonyl (C=O) groups excluding carboxylic acids is 2. The van der Waals surface area contributed by atoms with Gasteiger partial charge in [0.25, 0.3) is 11.8 Å². The third-order valence-electron chi connectivity index (χ3n) is 6.83. The summed E-state index contributed by atoms with van der Waals surface area (Å²) in [7, 11) is 0. The highest BCUT2D eigenvalue weighted by Gasteiger charge is 2.39. The van der Waals surface area contributed by atoms with E-state index in [2.05, 4.69) is 39.9 Å². The summed E-state index contributed by atoms with van der Waals surface area (Å²) in [5, 5.41) is 2.16. The monoisotopic (exact) mass is 465 g/mol. The number of imide groups is 1. The van der Waals surface area contributed by atoms with Crippen molar-refractivity contribution in [2.75, 3.05) is 4.90 Å². The van der Waals surface area contributed by atoms with Crippen LogP contribution in [0.1, 0.15) is 20.7 Å².